The number of carbonyl (C=O) groups is 1. The number of fused-ring (bicyclic) bond motifs is 2. The predicted octanol–water partition coefficient (Wildman–Crippen LogP) is 0.967. The van der Waals surface area contributed by atoms with Crippen molar-refractivity contribution in [1.29, 1.82) is 0 Å². The normalized spacial score (nSPS) is 22.8. The van der Waals surface area contributed by atoms with Gasteiger partial charge in [0.1, 0.15) is 43.0 Å². The smallest absolute Gasteiger partial charge is 0.337 e. The van der Waals surface area contributed by atoms with Gasteiger partial charge in [-0.1, -0.05) is 60.7 Å². The molecule has 0 bridgehead atoms. The Kier molecular flexibility index (Phi) is 9.18. The van der Waals surface area contributed by atoms with Gasteiger partial charge in [0.15, 0.2) is 6.10 Å². The minimum absolute atomic E-state index is 0.0602. The summed E-state index contributed by atoms with van der Waals surface area (Å²) in [6.07, 6.45) is -2.46. The van der Waals surface area contributed by atoms with E-state index in [0.29, 0.717) is 12.2 Å². The number of ether oxygens (including phenoxy) is 2. The van der Waals surface area contributed by atoms with Gasteiger partial charge in [0, 0.05) is 5.56 Å². The van der Waals surface area contributed by atoms with Crippen LogP contribution in [0.3, 0.4) is 0 Å². The third kappa shape index (κ3) is 6.78. The molecule has 9 nitrogen and oxygen atoms in total. The van der Waals surface area contributed by atoms with Crippen LogP contribution in [0.1, 0.15) is 34.9 Å². The first-order chi connectivity index (χ1) is 16.8. The second-order valence-electron chi connectivity index (χ2n) is 8.12. The summed E-state index contributed by atoms with van der Waals surface area (Å²) in [4.78, 5) is 10.2. The lowest BCUT2D eigenvalue weighted by molar-refractivity contribution is -0.448. The third-order valence-electron chi connectivity index (χ3n) is 5.64. The molecule has 5 rings (SSSR count). The number of hydrogen-bond acceptors (Lipinski definition) is 7. The number of aliphatic carboxylic acids is 1. The molecule has 2 heterocycles. The van der Waals surface area contributed by atoms with Crippen LogP contribution in [-0.4, -0.2) is 51.8 Å². The molecule has 3 aromatic carbocycles. The minimum atomic E-state index is -1.41. The molecule has 0 aromatic heterocycles. The van der Waals surface area contributed by atoms with Crippen LogP contribution >= 0.6 is 0 Å². The fraction of sp³-hybridized carbons (Fsp3) is 0.269. The number of quaternary nitrogens is 1. The van der Waals surface area contributed by atoms with Crippen molar-refractivity contribution < 1.29 is 40.4 Å². The standard InChI is InChI=1S/2C9H11NO2.C8H8O3/c2*10-9-6-3-1-2-4-8(6)12-5-7(9)11;9-7(8(10)11)6-4-2-1-3-5-6/h2*1-4,7,9,11H,5,10H2;1-5,7,9H,(H,10,11)/p+1/t7-,9+;;7-/m1.0/s1. The van der Waals surface area contributed by atoms with Gasteiger partial charge in [0.25, 0.3) is 0 Å². The van der Waals surface area contributed by atoms with Crippen molar-refractivity contribution in [1.82, 2.24) is 0 Å². The Labute approximate surface area is 203 Å². The average Bonchev–Trinajstić information content (AvgIpc) is 2.89. The van der Waals surface area contributed by atoms with Crippen LogP contribution in [0.2, 0.25) is 0 Å². The molecule has 35 heavy (non-hydrogen) atoms. The fourth-order valence-electron chi connectivity index (χ4n) is 3.57. The van der Waals surface area contributed by atoms with Crippen LogP contribution in [0.4, 0.5) is 0 Å². The maximum atomic E-state index is 10.2. The molecule has 2 unspecified atom stereocenters. The lowest BCUT2D eigenvalue weighted by Crippen LogP contribution is -2.61. The van der Waals surface area contributed by atoms with Gasteiger partial charge in [0.05, 0.1) is 11.6 Å². The highest BCUT2D eigenvalue weighted by atomic mass is 16.5. The highest BCUT2D eigenvalue weighted by molar-refractivity contribution is 5.73. The second-order valence-corrected chi connectivity index (χ2v) is 8.12. The summed E-state index contributed by atoms with van der Waals surface area (Å²) in [5, 5.41) is 36.2. The number of benzene rings is 3. The van der Waals surface area contributed by atoms with E-state index in [-0.39, 0.29) is 18.7 Å². The SMILES string of the molecule is NC1c2ccccc2OCC1O.O=C(O)[C@@H](O)c1ccccc1.[NH3+][C@H]1c2ccccc2OC[C@H]1O. The van der Waals surface area contributed by atoms with Gasteiger partial charge in [-0.15, -0.1) is 0 Å². The van der Waals surface area contributed by atoms with Crippen LogP contribution in [0.5, 0.6) is 11.5 Å². The van der Waals surface area contributed by atoms with Gasteiger partial charge in [-0.05, 0) is 23.8 Å². The molecular weight excluding hydrogens is 452 g/mol. The summed E-state index contributed by atoms with van der Waals surface area (Å²) in [6.45, 7) is 0.642. The Morgan fingerprint density at radius 3 is 1.91 bits per heavy atom. The monoisotopic (exact) mass is 483 g/mol. The highest BCUT2D eigenvalue weighted by Crippen LogP contribution is 2.30. The van der Waals surface area contributed by atoms with Crippen molar-refractivity contribution in [3.05, 3.63) is 95.6 Å². The summed E-state index contributed by atoms with van der Waals surface area (Å²) in [7, 11) is 0. The van der Waals surface area contributed by atoms with Gasteiger partial charge in [-0.25, -0.2) is 4.79 Å². The van der Waals surface area contributed by atoms with E-state index >= 15 is 0 Å². The number of para-hydroxylation sites is 2. The first kappa shape index (κ1) is 26.1. The number of rotatable bonds is 2. The molecular formula is C26H31N2O7+. The molecule has 0 fully saturated rings. The zero-order valence-electron chi connectivity index (χ0n) is 19.1. The van der Waals surface area contributed by atoms with Crippen LogP contribution in [0, 0.1) is 0 Å². The van der Waals surface area contributed by atoms with E-state index in [1.54, 1.807) is 30.3 Å². The first-order valence-corrected chi connectivity index (χ1v) is 11.1. The number of carboxylic acid groups (broad SMARTS) is 1. The van der Waals surface area contributed by atoms with E-state index in [4.69, 9.17) is 25.4 Å². The number of carboxylic acids is 1. The van der Waals surface area contributed by atoms with E-state index in [2.05, 4.69) is 5.73 Å². The van der Waals surface area contributed by atoms with Gasteiger partial charge in [-0.2, -0.15) is 0 Å². The van der Waals surface area contributed by atoms with Crippen LogP contribution < -0.4 is 20.9 Å². The Morgan fingerprint density at radius 1 is 0.829 bits per heavy atom. The fourth-order valence-corrected chi connectivity index (χ4v) is 3.57. The summed E-state index contributed by atoms with van der Waals surface area (Å²) < 4.78 is 10.6. The molecule has 9 N–H and O–H groups in total. The maximum absolute atomic E-state index is 10.2. The van der Waals surface area contributed by atoms with Gasteiger partial charge < -0.3 is 41.4 Å². The molecule has 0 spiro atoms. The minimum Gasteiger partial charge on any atom is -0.490 e. The topological polar surface area (TPSA) is 170 Å². The molecule has 0 aliphatic carbocycles. The van der Waals surface area contributed by atoms with E-state index in [1.165, 1.54) is 0 Å². The Morgan fingerprint density at radius 2 is 1.31 bits per heavy atom. The van der Waals surface area contributed by atoms with Gasteiger partial charge in [0.2, 0.25) is 0 Å². The molecule has 3 aromatic rings. The molecule has 5 atom stereocenters. The molecule has 0 saturated heterocycles. The predicted molar refractivity (Wildman–Crippen MR) is 127 cm³/mol. The van der Waals surface area contributed by atoms with Gasteiger partial charge in [-0.3, -0.25) is 0 Å². The van der Waals surface area contributed by atoms with Crippen molar-refractivity contribution in [2.75, 3.05) is 13.2 Å². The summed E-state index contributed by atoms with van der Waals surface area (Å²) in [6, 6.07) is 23.1. The van der Waals surface area contributed by atoms with Crippen LogP contribution in [0.25, 0.3) is 0 Å². The van der Waals surface area contributed by atoms with Crippen LogP contribution in [-0.2, 0) is 4.79 Å². The number of aliphatic hydroxyl groups excluding tert-OH is 3. The summed E-state index contributed by atoms with van der Waals surface area (Å²) in [5.74, 6) is 0.411. The Bertz CT molecular complexity index is 1040. The molecule has 2 aliphatic rings. The first-order valence-electron chi connectivity index (χ1n) is 11.1. The molecule has 0 radical (unpaired) electrons. The highest BCUT2D eigenvalue weighted by Gasteiger charge is 2.28. The summed E-state index contributed by atoms with van der Waals surface area (Å²) >= 11 is 0. The number of hydrogen-bond donors (Lipinski definition) is 6. The van der Waals surface area contributed by atoms with E-state index in [1.807, 2.05) is 48.5 Å². The lowest BCUT2D eigenvalue weighted by Gasteiger charge is -2.27. The van der Waals surface area contributed by atoms with Crippen molar-refractivity contribution in [3.8, 4) is 11.5 Å². The van der Waals surface area contributed by atoms with Crippen molar-refractivity contribution >= 4 is 5.97 Å². The summed E-state index contributed by atoms with van der Waals surface area (Å²) in [5.41, 5.74) is 11.9. The van der Waals surface area contributed by atoms with E-state index in [9.17, 15) is 15.0 Å². The quantitative estimate of drug-likeness (QED) is 0.313. The van der Waals surface area contributed by atoms with Gasteiger partial charge >= 0.3 is 5.97 Å². The molecule has 0 amide bonds. The Balaban J connectivity index is 0.000000147. The molecule has 9 heteroatoms. The van der Waals surface area contributed by atoms with Crippen molar-refractivity contribution in [2.45, 2.75) is 30.4 Å². The van der Waals surface area contributed by atoms with E-state index < -0.39 is 24.3 Å². The second kappa shape index (κ2) is 12.3. The lowest BCUT2D eigenvalue weighted by atomic mass is 9.99. The largest absolute Gasteiger partial charge is 0.490 e. The van der Waals surface area contributed by atoms with Crippen molar-refractivity contribution in [3.63, 3.8) is 0 Å². The van der Waals surface area contributed by atoms with Crippen molar-refractivity contribution in [2.24, 2.45) is 5.73 Å². The Hall–Kier alpha value is -3.47. The molecule has 186 valence electrons. The zero-order valence-corrected chi connectivity index (χ0v) is 19.1. The van der Waals surface area contributed by atoms with Crippen LogP contribution in [0.15, 0.2) is 78.9 Å². The average molecular weight is 484 g/mol. The number of nitrogens with two attached hydrogens (primary N) is 1. The third-order valence-corrected chi connectivity index (χ3v) is 5.64. The molecule has 2 aliphatic heterocycles. The maximum Gasteiger partial charge on any atom is 0.337 e. The molecule has 0 saturated carbocycles. The number of aliphatic hydroxyl groups is 3. The van der Waals surface area contributed by atoms with E-state index in [0.717, 1.165) is 22.6 Å². The zero-order chi connectivity index (χ0) is 25.4.